The van der Waals surface area contributed by atoms with Gasteiger partial charge in [-0.2, -0.15) is 0 Å². The molecule has 7 aliphatic heterocycles. The lowest BCUT2D eigenvalue weighted by Crippen LogP contribution is -2.59. The van der Waals surface area contributed by atoms with Crippen molar-refractivity contribution in [2.45, 2.75) is 412 Å². The molecule has 22 nitrogen and oxygen atoms in total. The number of hydrogen-bond acceptors (Lipinski definition) is 19. The van der Waals surface area contributed by atoms with E-state index in [1.165, 1.54) is 65.2 Å². The molecule has 3 amide bonds. The summed E-state index contributed by atoms with van der Waals surface area (Å²) in [6, 6.07) is 0. The van der Waals surface area contributed by atoms with Crippen molar-refractivity contribution in [2.75, 3.05) is 144 Å². The third-order valence-electron chi connectivity index (χ3n) is 23.5. The Morgan fingerprint density at radius 2 is 0.634 bits per heavy atom. The molecule has 0 unspecified atom stereocenters. The van der Waals surface area contributed by atoms with Crippen LogP contribution in [0.15, 0.2) is 0 Å². The van der Waals surface area contributed by atoms with E-state index in [-0.39, 0.29) is 81.3 Å². The highest BCUT2D eigenvalue weighted by Crippen LogP contribution is 2.38. The van der Waals surface area contributed by atoms with Crippen LogP contribution in [-0.2, 0) is 66.5 Å². The number of carbonyl (C=O) groups excluding carboxylic acids is 3. The van der Waals surface area contributed by atoms with E-state index < -0.39 is 0 Å². The summed E-state index contributed by atoms with van der Waals surface area (Å²) in [5, 5.41) is 0. The summed E-state index contributed by atoms with van der Waals surface area (Å²) >= 11 is 0. The second-order valence-electron chi connectivity index (χ2n) is 42.9. The molecule has 7 saturated heterocycles. The molecule has 11 fully saturated rings. The quantitative estimate of drug-likeness (QED) is 0.0708. The number of likely N-dealkylation sites (tertiary alicyclic amines) is 6. The Morgan fingerprint density at radius 1 is 0.286 bits per heavy atom. The van der Waals surface area contributed by atoms with Crippen molar-refractivity contribution in [1.29, 1.82) is 0 Å². The van der Waals surface area contributed by atoms with Crippen molar-refractivity contribution in [3.63, 3.8) is 0 Å². The van der Waals surface area contributed by atoms with E-state index in [0.29, 0.717) is 85.8 Å². The third kappa shape index (κ3) is 35.6. The van der Waals surface area contributed by atoms with Crippen LogP contribution in [0.2, 0.25) is 0 Å². The van der Waals surface area contributed by atoms with E-state index in [9.17, 15) is 14.4 Å². The molecule has 11 aliphatic rings. The van der Waals surface area contributed by atoms with Gasteiger partial charge in [-0.1, -0.05) is 0 Å². The molecular weight excluding hydrogens is 1420 g/mol. The summed E-state index contributed by atoms with van der Waals surface area (Å²) in [4.78, 5) is 56.3. The van der Waals surface area contributed by atoms with Crippen molar-refractivity contribution in [3.8, 4) is 0 Å². The maximum absolute atomic E-state index is 12.6. The average Bonchev–Trinajstić information content (AvgIpc) is 0.821. The van der Waals surface area contributed by atoms with Gasteiger partial charge in [-0.05, 0) is 275 Å². The van der Waals surface area contributed by atoms with Crippen LogP contribution in [0.3, 0.4) is 0 Å². The second kappa shape index (κ2) is 42.3. The molecule has 22 heteroatoms. The van der Waals surface area contributed by atoms with Crippen LogP contribution < -0.4 is 0 Å². The van der Waals surface area contributed by atoms with Crippen molar-refractivity contribution < 1.29 is 66.5 Å². The Balaban J connectivity index is 0.000000188. The number of ether oxygens (including phenoxy) is 11. The number of piperidine rings is 4. The second-order valence-corrected chi connectivity index (χ2v) is 42.9. The molecule has 11 rings (SSSR count). The maximum Gasteiger partial charge on any atom is 0.225 e. The molecule has 4 aliphatic carbocycles. The fourth-order valence-corrected chi connectivity index (χ4v) is 17.0. The predicted molar refractivity (Wildman–Crippen MR) is 447 cm³/mol. The van der Waals surface area contributed by atoms with Gasteiger partial charge in [0.25, 0.3) is 0 Å². The summed E-state index contributed by atoms with van der Waals surface area (Å²) in [6.45, 7) is 72.7. The number of rotatable bonds is 27. The van der Waals surface area contributed by atoms with Crippen LogP contribution in [0.4, 0.5) is 0 Å². The van der Waals surface area contributed by atoms with Gasteiger partial charge in [-0.3, -0.25) is 34.0 Å². The van der Waals surface area contributed by atoms with Gasteiger partial charge < -0.3 is 71.7 Å². The van der Waals surface area contributed by atoms with Gasteiger partial charge in [-0.15, -0.1) is 0 Å². The fourth-order valence-electron chi connectivity index (χ4n) is 17.0. The molecule has 0 bridgehead atoms. The fraction of sp³-hybridized carbons (Fsp3) is 0.967. The van der Waals surface area contributed by atoms with E-state index in [2.05, 4.69) is 191 Å². The monoisotopic (exact) mass is 1590 g/mol. The number of hydrogen-bond donors (Lipinski definition) is 0. The molecule has 0 atom stereocenters. The first kappa shape index (κ1) is 95.2. The average molecular weight is 1590 g/mol. The van der Waals surface area contributed by atoms with E-state index in [4.69, 9.17) is 52.1 Å². The first-order valence-corrected chi connectivity index (χ1v) is 44.8. The van der Waals surface area contributed by atoms with E-state index in [1.54, 1.807) is 0 Å². The van der Waals surface area contributed by atoms with Crippen molar-refractivity contribution in [2.24, 2.45) is 5.92 Å². The standard InChI is InChI=1S/C23H45N3O2.2C23H42N2O4.C21H39NO4/c1-22(2,3)26-15-13-25(14-16-26)12-11-24-9-7-19(8-10-24)27-20-17-21(18-20)28-23(4,5)6;1-22(2,3)28-19-13-18(14-19)27-17-7-11-25(12-8-17)21(26)9-10-24-15-20(16-24)29-23(4,5)6;1-22(2,3)25-15-20(16-25)27-12-9-21(26)24-10-7-17(8-11-24)28-18-13-19(14-18)29-23(4,5)6;1-20(2,3)25-13-7-12-24-17-8-10-22(11-9-17)19(23)16-14-18(15-16)26-21(4,5)6/h19-21H,7-18H2,1-6H3;2*17-20H,7-16H2,1-6H3;16-18H,7-15H2,1-6H3. The van der Waals surface area contributed by atoms with E-state index in [1.807, 2.05) is 14.7 Å². The van der Waals surface area contributed by atoms with E-state index in [0.717, 1.165) is 182 Å². The minimum atomic E-state index is -0.119. The number of piperazine rings is 1. The van der Waals surface area contributed by atoms with Gasteiger partial charge in [0.05, 0.1) is 126 Å². The molecule has 0 aromatic carbocycles. The van der Waals surface area contributed by atoms with E-state index >= 15 is 0 Å². The van der Waals surface area contributed by atoms with Gasteiger partial charge in [0.2, 0.25) is 17.7 Å². The van der Waals surface area contributed by atoms with Crippen LogP contribution in [0.5, 0.6) is 0 Å². The molecule has 0 N–H and O–H groups in total. The first-order valence-electron chi connectivity index (χ1n) is 44.8. The number of nitrogens with zero attached hydrogens (tertiary/aromatic N) is 8. The molecule has 652 valence electrons. The molecule has 7 heterocycles. The maximum atomic E-state index is 12.6. The van der Waals surface area contributed by atoms with Crippen LogP contribution in [0.1, 0.15) is 288 Å². The zero-order chi connectivity index (χ0) is 82.2. The lowest BCUT2D eigenvalue weighted by atomic mass is 9.80. The molecule has 4 saturated carbocycles. The van der Waals surface area contributed by atoms with Crippen LogP contribution in [0, 0.1) is 5.92 Å². The summed E-state index contributed by atoms with van der Waals surface area (Å²) in [5.74, 6) is 0.980. The Bertz CT molecular complexity index is 2710. The third-order valence-corrected chi connectivity index (χ3v) is 23.5. The highest BCUT2D eigenvalue weighted by atomic mass is 16.6. The van der Waals surface area contributed by atoms with Crippen LogP contribution in [0.25, 0.3) is 0 Å². The van der Waals surface area contributed by atoms with Gasteiger partial charge in [-0.25, -0.2) is 0 Å². The SMILES string of the molecule is CC(C)(C)OC1CC(OC2CCN(C(=O)CCN3CC(OC(C)(C)C)C3)CC2)C1.CC(C)(C)OC1CC(OC2CCN(C(=O)CCOC3CN(C(C)(C)C)C3)CC2)C1.CC(C)(C)OC1CC(OC2CCN(CCN3CCN(C(C)(C)C)CC3)CC2)C1.CC(C)(C)OCCCOC1CCN(C(=O)C2CC(OC(C)(C)C)C2)CC1. The topological polar surface area (TPSA) is 179 Å². The molecule has 0 spiro atoms. The molecule has 0 aromatic heterocycles. The smallest absolute Gasteiger partial charge is 0.225 e. The van der Waals surface area contributed by atoms with Crippen molar-refractivity contribution in [1.82, 2.24) is 39.2 Å². The van der Waals surface area contributed by atoms with Gasteiger partial charge >= 0.3 is 0 Å². The number of carbonyl (C=O) groups is 3. The highest BCUT2D eigenvalue weighted by Gasteiger charge is 2.43. The Hall–Kier alpha value is -2.23. The Kier molecular flexibility index (Phi) is 36.0. The van der Waals surface area contributed by atoms with Crippen LogP contribution >= 0.6 is 0 Å². The molecule has 112 heavy (non-hydrogen) atoms. The molecule has 0 aromatic rings. The van der Waals surface area contributed by atoms with Crippen LogP contribution in [-0.4, -0.2) is 325 Å². The summed E-state index contributed by atoms with van der Waals surface area (Å²) in [7, 11) is 0. The normalized spacial score (nSPS) is 27.6. The Labute approximate surface area is 682 Å². The summed E-state index contributed by atoms with van der Waals surface area (Å²) in [6.07, 6.45) is 22.4. The predicted octanol–water partition coefficient (Wildman–Crippen LogP) is 13.5. The summed E-state index contributed by atoms with van der Waals surface area (Å²) in [5.41, 5.74) is 0.0682. The van der Waals surface area contributed by atoms with Crippen molar-refractivity contribution >= 4 is 17.7 Å². The molecule has 0 radical (unpaired) electrons. The number of amides is 3. The Morgan fingerprint density at radius 3 is 1.03 bits per heavy atom. The van der Waals surface area contributed by atoms with Gasteiger partial charge in [0, 0.05) is 161 Å². The van der Waals surface area contributed by atoms with Crippen molar-refractivity contribution in [3.05, 3.63) is 0 Å². The van der Waals surface area contributed by atoms with Gasteiger partial charge in [0.1, 0.15) is 0 Å². The zero-order valence-corrected chi connectivity index (χ0v) is 75.9. The zero-order valence-electron chi connectivity index (χ0n) is 75.9. The lowest BCUT2D eigenvalue weighted by molar-refractivity contribution is -0.169. The minimum absolute atomic E-state index is 0.0274. The highest BCUT2D eigenvalue weighted by molar-refractivity contribution is 5.80. The summed E-state index contributed by atoms with van der Waals surface area (Å²) < 4.78 is 66.2. The largest absolute Gasteiger partial charge is 0.378 e. The molecular formula is C90H168N8O14. The first-order chi connectivity index (χ1) is 52.1. The van der Waals surface area contributed by atoms with Gasteiger partial charge in [0.15, 0.2) is 0 Å². The lowest BCUT2D eigenvalue weighted by Gasteiger charge is -2.47. The minimum Gasteiger partial charge on any atom is -0.378 e.